The third kappa shape index (κ3) is 2.74. The van der Waals surface area contributed by atoms with Crippen LogP contribution in [0.5, 0.6) is 5.75 Å². The lowest BCUT2D eigenvalue weighted by molar-refractivity contribution is -0.136. The summed E-state index contributed by atoms with van der Waals surface area (Å²) in [7, 11) is 1.61. The molecule has 0 atom stereocenters. The van der Waals surface area contributed by atoms with Crippen molar-refractivity contribution >= 4 is 27.9 Å². The van der Waals surface area contributed by atoms with Crippen LogP contribution < -0.4 is 10.4 Å². The standard InChI is InChI=1S/C22H18O6/c1-11-8-17-20(12(2)15(9-18(23)24)22(25)28-17)21-19(11)16(10-27-21)13-4-6-14(26-3)7-5-13/h4-8,10H,9H2,1-3H3,(H,23,24). The molecule has 0 aliphatic rings. The van der Waals surface area contributed by atoms with E-state index in [9.17, 15) is 9.59 Å². The van der Waals surface area contributed by atoms with Gasteiger partial charge in [0.2, 0.25) is 0 Å². The maximum absolute atomic E-state index is 12.3. The molecule has 4 aromatic rings. The quantitative estimate of drug-likeness (QED) is 0.527. The molecule has 0 unspecified atom stereocenters. The highest BCUT2D eigenvalue weighted by atomic mass is 16.5. The van der Waals surface area contributed by atoms with E-state index in [-0.39, 0.29) is 5.56 Å². The topological polar surface area (TPSA) is 89.9 Å². The fraction of sp³-hybridized carbons (Fsp3) is 0.182. The van der Waals surface area contributed by atoms with Gasteiger partial charge in [0.15, 0.2) is 0 Å². The van der Waals surface area contributed by atoms with Crippen molar-refractivity contribution in [3.8, 4) is 16.9 Å². The average Bonchev–Trinajstić information content (AvgIpc) is 3.10. The van der Waals surface area contributed by atoms with E-state index in [2.05, 4.69) is 0 Å². The second kappa shape index (κ2) is 6.56. The number of fused-ring (bicyclic) bond motifs is 3. The molecule has 2 aromatic carbocycles. The van der Waals surface area contributed by atoms with Gasteiger partial charge in [0.1, 0.15) is 16.9 Å². The minimum absolute atomic E-state index is 0.132. The number of carboxylic acid groups (broad SMARTS) is 1. The Bertz CT molecular complexity index is 1270. The van der Waals surface area contributed by atoms with Gasteiger partial charge in [-0.1, -0.05) is 12.1 Å². The van der Waals surface area contributed by atoms with E-state index in [0.717, 1.165) is 27.8 Å². The molecule has 0 aliphatic heterocycles. The molecule has 28 heavy (non-hydrogen) atoms. The van der Waals surface area contributed by atoms with Crippen LogP contribution in [0.1, 0.15) is 16.7 Å². The predicted molar refractivity (Wildman–Crippen MR) is 105 cm³/mol. The summed E-state index contributed by atoms with van der Waals surface area (Å²) in [6.07, 6.45) is 1.27. The van der Waals surface area contributed by atoms with Gasteiger partial charge < -0.3 is 18.7 Å². The van der Waals surface area contributed by atoms with Crippen LogP contribution in [-0.2, 0) is 11.2 Å². The molecule has 0 bridgehead atoms. The second-order valence-corrected chi connectivity index (χ2v) is 6.71. The van der Waals surface area contributed by atoms with Crippen LogP contribution in [0.4, 0.5) is 0 Å². The first kappa shape index (κ1) is 17.9. The van der Waals surface area contributed by atoms with Gasteiger partial charge in [0.25, 0.3) is 0 Å². The van der Waals surface area contributed by atoms with Gasteiger partial charge in [-0.2, -0.15) is 0 Å². The molecule has 0 fully saturated rings. The van der Waals surface area contributed by atoms with Gasteiger partial charge >= 0.3 is 11.6 Å². The number of furan rings is 1. The molecule has 4 rings (SSSR count). The number of hydrogen-bond acceptors (Lipinski definition) is 5. The van der Waals surface area contributed by atoms with Crippen molar-refractivity contribution in [2.75, 3.05) is 7.11 Å². The van der Waals surface area contributed by atoms with E-state index in [0.29, 0.717) is 22.1 Å². The zero-order valence-electron chi connectivity index (χ0n) is 15.7. The predicted octanol–water partition coefficient (Wildman–Crippen LogP) is 4.46. The highest BCUT2D eigenvalue weighted by Crippen LogP contribution is 2.39. The zero-order valence-corrected chi connectivity index (χ0v) is 15.7. The first-order valence-electron chi connectivity index (χ1n) is 8.74. The molecule has 0 aliphatic carbocycles. The molecule has 0 radical (unpaired) electrons. The van der Waals surface area contributed by atoms with Crippen molar-refractivity contribution in [3.05, 3.63) is 63.7 Å². The third-order valence-electron chi connectivity index (χ3n) is 5.01. The third-order valence-corrected chi connectivity index (χ3v) is 5.01. The molecule has 0 amide bonds. The van der Waals surface area contributed by atoms with Crippen LogP contribution in [0.25, 0.3) is 33.1 Å². The lowest BCUT2D eigenvalue weighted by Crippen LogP contribution is -2.15. The van der Waals surface area contributed by atoms with Gasteiger partial charge in [0.05, 0.1) is 30.7 Å². The monoisotopic (exact) mass is 378 g/mol. The van der Waals surface area contributed by atoms with Crippen molar-refractivity contribution < 1.29 is 23.5 Å². The molecule has 0 saturated heterocycles. The van der Waals surface area contributed by atoms with E-state index in [1.807, 2.05) is 31.2 Å². The van der Waals surface area contributed by atoms with Gasteiger partial charge in [-0.3, -0.25) is 4.79 Å². The maximum atomic E-state index is 12.3. The molecular formula is C22H18O6. The van der Waals surface area contributed by atoms with E-state index in [4.69, 9.17) is 18.7 Å². The van der Waals surface area contributed by atoms with Crippen LogP contribution in [0, 0.1) is 13.8 Å². The molecule has 0 saturated carbocycles. The van der Waals surface area contributed by atoms with Crippen LogP contribution in [0.2, 0.25) is 0 Å². The van der Waals surface area contributed by atoms with Crippen LogP contribution in [0.15, 0.2) is 50.2 Å². The summed E-state index contributed by atoms with van der Waals surface area (Å²) < 4.78 is 16.5. The van der Waals surface area contributed by atoms with Crippen LogP contribution >= 0.6 is 0 Å². The molecule has 2 heterocycles. The van der Waals surface area contributed by atoms with Crippen molar-refractivity contribution in [3.63, 3.8) is 0 Å². The summed E-state index contributed by atoms with van der Waals surface area (Å²) >= 11 is 0. The Morgan fingerprint density at radius 3 is 2.50 bits per heavy atom. The average molecular weight is 378 g/mol. The second-order valence-electron chi connectivity index (χ2n) is 6.71. The number of methoxy groups -OCH3 is 1. The van der Waals surface area contributed by atoms with Crippen molar-refractivity contribution in [2.45, 2.75) is 20.3 Å². The molecule has 6 heteroatoms. The Kier molecular flexibility index (Phi) is 4.19. The number of hydrogen-bond donors (Lipinski definition) is 1. The van der Waals surface area contributed by atoms with Gasteiger partial charge in [-0.15, -0.1) is 0 Å². The van der Waals surface area contributed by atoms with Crippen molar-refractivity contribution in [2.24, 2.45) is 0 Å². The minimum atomic E-state index is -1.09. The number of benzene rings is 2. The minimum Gasteiger partial charge on any atom is -0.497 e. The maximum Gasteiger partial charge on any atom is 0.340 e. The highest BCUT2D eigenvalue weighted by Gasteiger charge is 2.21. The van der Waals surface area contributed by atoms with E-state index < -0.39 is 18.0 Å². The number of aliphatic carboxylic acids is 1. The fourth-order valence-corrected chi connectivity index (χ4v) is 3.63. The molecule has 2 aromatic heterocycles. The van der Waals surface area contributed by atoms with E-state index in [1.165, 1.54) is 0 Å². The Morgan fingerprint density at radius 2 is 1.86 bits per heavy atom. The summed E-state index contributed by atoms with van der Waals surface area (Å²) in [5.41, 5.74) is 3.79. The molecule has 1 N–H and O–H groups in total. The lowest BCUT2D eigenvalue weighted by atomic mass is 9.96. The number of ether oxygens (including phenoxy) is 1. The van der Waals surface area contributed by atoms with Crippen molar-refractivity contribution in [1.29, 1.82) is 0 Å². The lowest BCUT2D eigenvalue weighted by Gasteiger charge is -2.09. The normalized spacial score (nSPS) is 11.2. The first-order chi connectivity index (χ1) is 13.4. The molecule has 0 spiro atoms. The Morgan fingerprint density at radius 1 is 1.14 bits per heavy atom. The highest BCUT2D eigenvalue weighted by molar-refractivity contribution is 6.11. The molecular weight excluding hydrogens is 360 g/mol. The Hall–Kier alpha value is -3.54. The summed E-state index contributed by atoms with van der Waals surface area (Å²) in [6, 6.07) is 9.43. The van der Waals surface area contributed by atoms with Gasteiger partial charge in [0, 0.05) is 10.9 Å². The largest absolute Gasteiger partial charge is 0.497 e. The molecule has 142 valence electrons. The van der Waals surface area contributed by atoms with Crippen LogP contribution in [0.3, 0.4) is 0 Å². The number of rotatable bonds is 4. The van der Waals surface area contributed by atoms with Crippen molar-refractivity contribution in [1.82, 2.24) is 0 Å². The SMILES string of the molecule is COc1ccc(-c2coc3c2c(C)cc2oc(=O)c(CC(=O)O)c(C)c23)cc1. The Labute approximate surface area is 160 Å². The fourth-order valence-electron chi connectivity index (χ4n) is 3.63. The molecule has 6 nitrogen and oxygen atoms in total. The number of carbonyl (C=O) groups is 1. The number of carboxylic acids is 1. The summed E-state index contributed by atoms with van der Waals surface area (Å²) in [5.74, 6) is -0.328. The summed E-state index contributed by atoms with van der Waals surface area (Å²) in [6.45, 7) is 3.65. The summed E-state index contributed by atoms with van der Waals surface area (Å²) in [4.78, 5) is 23.4. The van der Waals surface area contributed by atoms with Gasteiger partial charge in [-0.25, -0.2) is 4.79 Å². The Balaban J connectivity index is 2.03. The van der Waals surface area contributed by atoms with Gasteiger partial charge in [-0.05, 0) is 48.7 Å². The first-order valence-corrected chi connectivity index (χ1v) is 8.74. The van der Waals surface area contributed by atoms with E-state index in [1.54, 1.807) is 26.4 Å². The summed E-state index contributed by atoms with van der Waals surface area (Å²) in [5, 5.41) is 10.6. The van der Waals surface area contributed by atoms with E-state index >= 15 is 0 Å². The zero-order chi connectivity index (χ0) is 20.0. The van der Waals surface area contributed by atoms with Crippen LogP contribution in [-0.4, -0.2) is 18.2 Å². The number of aryl methyl sites for hydroxylation is 2. The smallest absolute Gasteiger partial charge is 0.340 e.